The standard InChI is InChI=1S/C13H14F4N2/c1-13(2,7-18)4-3-5-19-12-10(16)8(14)6-9(15)11(12)17/h6,19H,3-5H2,1-2H3. The predicted octanol–water partition coefficient (Wildman–Crippen LogP) is 3.98. The minimum absolute atomic E-state index is 0.113. The first-order valence-electron chi connectivity index (χ1n) is 5.76. The van der Waals surface area contributed by atoms with Gasteiger partial charge in [-0.25, -0.2) is 17.6 Å². The van der Waals surface area contributed by atoms with E-state index in [1.807, 2.05) is 0 Å². The van der Waals surface area contributed by atoms with Crippen molar-refractivity contribution in [2.45, 2.75) is 26.7 Å². The minimum Gasteiger partial charge on any atom is -0.380 e. The SMILES string of the molecule is CC(C)(C#N)CCCNc1c(F)c(F)cc(F)c1F. The molecule has 19 heavy (non-hydrogen) atoms. The smallest absolute Gasteiger partial charge is 0.185 e. The zero-order valence-electron chi connectivity index (χ0n) is 10.7. The van der Waals surface area contributed by atoms with Gasteiger partial charge >= 0.3 is 0 Å². The summed E-state index contributed by atoms with van der Waals surface area (Å²) in [6.45, 7) is 3.58. The molecule has 0 saturated heterocycles. The van der Waals surface area contributed by atoms with Gasteiger partial charge in [-0.1, -0.05) is 0 Å². The van der Waals surface area contributed by atoms with Crippen LogP contribution in [-0.2, 0) is 0 Å². The van der Waals surface area contributed by atoms with Crippen LogP contribution in [0.15, 0.2) is 6.07 Å². The zero-order valence-corrected chi connectivity index (χ0v) is 10.7. The maximum atomic E-state index is 13.3. The number of nitrogens with one attached hydrogen (secondary N) is 1. The number of hydrogen-bond acceptors (Lipinski definition) is 2. The Morgan fingerprint density at radius 1 is 1.16 bits per heavy atom. The Morgan fingerprint density at radius 3 is 2.16 bits per heavy atom. The van der Waals surface area contributed by atoms with E-state index in [1.165, 1.54) is 0 Å². The predicted molar refractivity (Wildman–Crippen MR) is 63.4 cm³/mol. The molecule has 1 aromatic carbocycles. The van der Waals surface area contributed by atoms with Gasteiger partial charge < -0.3 is 5.32 Å². The number of nitrogens with zero attached hydrogens (tertiary/aromatic N) is 1. The van der Waals surface area contributed by atoms with Crippen molar-refractivity contribution < 1.29 is 17.6 Å². The van der Waals surface area contributed by atoms with Crippen molar-refractivity contribution in [2.24, 2.45) is 5.41 Å². The van der Waals surface area contributed by atoms with E-state index in [-0.39, 0.29) is 12.6 Å². The van der Waals surface area contributed by atoms with Crippen LogP contribution >= 0.6 is 0 Å². The van der Waals surface area contributed by atoms with E-state index in [2.05, 4.69) is 11.4 Å². The molecule has 0 saturated carbocycles. The first kappa shape index (κ1) is 15.3. The first-order valence-corrected chi connectivity index (χ1v) is 5.76. The van der Waals surface area contributed by atoms with Gasteiger partial charge in [-0.2, -0.15) is 5.26 Å². The van der Waals surface area contributed by atoms with Gasteiger partial charge in [-0.05, 0) is 26.7 Å². The van der Waals surface area contributed by atoms with Crippen LogP contribution in [0.4, 0.5) is 23.2 Å². The van der Waals surface area contributed by atoms with Gasteiger partial charge in [0, 0.05) is 12.6 Å². The molecule has 1 aromatic rings. The van der Waals surface area contributed by atoms with E-state index in [0.29, 0.717) is 12.8 Å². The van der Waals surface area contributed by atoms with E-state index < -0.39 is 34.4 Å². The fourth-order valence-electron chi connectivity index (χ4n) is 1.53. The highest BCUT2D eigenvalue weighted by molar-refractivity contribution is 5.47. The van der Waals surface area contributed by atoms with Crippen LogP contribution in [0.3, 0.4) is 0 Å². The van der Waals surface area contributed by atoms with Gasteiger partial charge in [0.1, 0.15) is 5.69 Å². The third-order valence-corrected chi connectivity index (χ3v) is 2.69. The second-order valence-electron chi connectivity index (χ2n) is 4.87. The van der Waals surface area contributed by atoms with Crippen LogP contribution in [0.2, 0.25) is 0 Å². The van der Waals surface area contributed by atoms with Gasteiger partial charge in [-0.3, -0.25) is 0 Å². The molecule has 0 aliphatic carbocycles. The molecule has 0 spiro atoms. The summed E-state index contributed by atoms with van der Waals surface area (Å²) in [6, 6.07) is 2.25. The third kappa shape index (κ3) is 3.85. The van der Waals surface area contributed by atoms with E-state index in [4.69, 9.17) is 5.26 Å². The van der Waals surface area contributed by atoms with Crippen molar-refractivity contribution in [2.75, 3.05) is 11.9 Å². The van der Waals surface area contributed by atoms with Gasteiger partial charge in [0.15, 0.2) is 23.3 Å². The van der Waals surface area contributed by atoms with Crippen molar-refractivity contribution in [3.63, 3.8) is 0 Å². The lowest BCUT2D eigenvalue weighted by atomic mass is 9.90. The minimum atomic E-state index is -1.45. The topological polar surface area (TPSA) is 35.8 Å². The summed E-state index contributed by atoms with van der Waals surface area (Å²) in [6.07, 6.45) is 0.940. The van der Waals surface area contributed by atoms with Gasteiger partial charge in [0.25, 0.3) is 0 Å². The maximum Gasteiger partial charge on any atom is 0.185 e. The van der Waals surface area contributed by atoms with Crippen molar-refractivity contribution in [1.29, 1.82) is 5.26 Å². The van der Waals surface area contributed by atoms with Gasteiger partial charge in [0.2, 0.25) is 0 Å². The molecule has 1 rings (SSSR count). The molecule has 0 bridgehead atoms. The summed E-state index contributed by atoms with van der Waals surface area (Å²) < 4.78 is 52.4. The van der Waals surface area contributed by atoms with E-state index in [1.54, 1.807) is 13.8 Å². The van der Waals surface area contributed by atoms with Crippen LogP contribution in [0, 0.1) is 40.0 Å². The van der Waals surface area contributed by atoms with Gasteiger partial charge in [-0.15, -0.1) is 0 Å². The number of nitriles is 1. The highest BCUT2D eigenvalue weighted by Crippen LogP contribution is 2.25. The Morgan fingerprint density at radius 2 is 1.68 bits per heavy atom. The number of benzene rings is 1. The van der Waals surface area contributed by atoms with E-state index in [0.717, 1.165) is 0 Å². The maximum absolute atomic E-state index is 13.3. The molecular weight excluding hydrogens is 260 g/mol. The van der Waals surface area contributed by atoms with E-state index in [9.17, 15) is 17.6 Å². The Labute approximate surface area is 109 Å². The second kappa shape index (κ2) is 5.91. The Kier molecular flexibility index (Phi) is 4.76. The number of rotatable bonds is 5. The number of halogens is 4. The monoisotopic (exact) mass is 274 g/mol. The van der Waals surface area contributed by atoms with Crippen molar-refractivity contribution in [3.8, 4) is 6.07 Å². The molecule has 0 aliphatic rings. The average molecular weight is 274 g/mol. The zero-order chi connectivity index (χ0) is 14.6. The highest BCUT2D eigenvalue weighted by Gasteiger charge is 2.19. The van der Waals surface area contributed by atoms with Crippen molar-refractivity contribution >= 4 is 5.69 Å². The number of anilines is 1. The Bertz CT molecular complexity index is 480. The highest BCUT2D eigenvalue weighted by atomic mass is 19.2. The molecule has 0 radical (unpaired) electrons. The van der Waals surface area contributed by atoms with Crippen LogP contribution in [0.25, 0.3) is 0 Å². The lowest BCUT2D eigenvalue weighted by Gasteiger charge is -2.15. The fourth-order valence-corrected chi connectivity index (χ4v) is 1.53. The molecule has 0 heterocycles. The van der Waals surface area contributed by atoms with E-state index >= 15 is 0 Å². The third-order valence-electron chi connectivity index (χ3n) is 2.69. The Balaban J connectivity index is 2.67. The lowest BCUT2D eigenvalue weighted by Crippen LogP contribution is -2.13. The largest absolute Gasteiger partial charge is 0.380 e. The summed E-state index contributed by atoms with van der Waals surface area (Å²) in [5, 5.41) is 11.1. The molecule has 0 unspecified atom stereocenters. The summed E-state index contributed by atoms with van der Waals surface area (Å²) >= 11 is 0. The summed E-state index contributed by atoms with van der Waals surface area (Å²) in [5.74, 6) is -5.78. The summed E-state index contributed by atoms with van der Waals surface area (Å²) in [4.78, 5) is 0. The molecule has 2 nitrogen and oxygen atoms in total. The molecule has 6 heteroatoms. The quantitative estimate of drug-likeness (QED) is 0.500. The molecule has 0 amide bonds. The summed E-state index contributed by atoms with van der Waals surface area (Å²) in [5.41, 5.74) is -1.36. The molecule has 0 aliphatic heterocycles. The fraction of sp³-hybridized carbons (Fsp3) is 0.462. The molecule has 104 valence electrons. The molecular formula is C13H14F4N2. The van der Waals surface area contributed by atoms with Crippen LogP contribution < -0.4 is 5.32 Å². The summed E-state index contributed by atoms with van der Waals surface area (Å²) in [7, 11) is 0. The van der Waals surface area contributed by atoms with Crippen LogP contribution in [0.1, 0.15) is 26.7 Å². The molecule has 0 fully saturated rings. The average Bonchev–Trinajstić information content (AvgIpc) is 2.35. The first-order chi connectivity index (χ1) is 8.78. The molecule has 0 aromatic heterocycles. The number of hydrogen-bond donors (Lipinski definition) is 1. The second-order valence-corrected chi connectivity index (χ2v) is 4.87. The van der Waals surface area contributed by atoms with Crippen molar-refractivity contribution in [3.05, 3.63) is 29.3 Å². The lowest BCUT2D eigenvalue weighted by molar-refractivity contribution is 0.438. The van der Waals surface area contributed by atoms with Gasteiger partial charge in [0.05, 0.1) is 11.5 Å². The van der Waals surface area contributed by atoms with Crippen molar-refractivity contribution in [1.82, 2.24) is 0 Å². The normalized spacial score (nSPS) is 11.2. The molecule has 0 atom stereocenters. The van der Waals surface area contributed by atoms with Crippen LogP contribution in [0.5, 0.6) is 0 Å². The van der Waals surface area contributed by atoms with Crippen LogP contribution in [-0.4, -0.2) is 6.54 Å². The Hall–Kier alpha value is -1.77. The molecule has 1 N–H and O–H groups in total.